The fourth-order valence-corrected chi connectivity index (χ4v) is 2.89. The first-order valence-electron chi connectivity index (χ1n) is 7.18. The van der Waals surface area contributed by atoms with Crippen LogP contribution in [0.3, 0.4) is 0 Å². The van der Waals surface area contributed by atoms with E-state index in [2.05, 4.69) is 37.3 Å². The predicted molar refractivity (Wildman–Crippen MR) is 79.9 cm³/mol. The number of hydrogen-bond acceptors (Lipinski definition) is 3. The van der Waals surface area contributed by atoms with E-state index in [1.807, 2.05) is 18.3 Å². The molecule has 2 aromatic rings. The van der Waals surface area contributed by atoms with Crippen LogP contribution < -0.4 is 5.32 Å². The molecule has 1 aromatic heterocycles. The molecule has 5 nitrogen and oxygen atoms in total. The zero-order valence-electron chi connectivity index (χ0n) is 12.5. The Hall–Kier alpha value is -2.17. The lowest BCUT2D eigenvalue weighted by Crippen LogP contribution is -2.42. The molecular formula is C16H19N3O2. The molecule has 1 N–H and O–H groups in total. The van der Waals surface area contributed by atoms with Crippen molar-refractivity contribution in [3.05, 3.63) is 30.0 Å². The Balaban J connectivity index is 2.09. The average molecular weight is 285 g/mol. The fraction of sp³-hybridized carbons (Fsp3) is 0.438. The van der Waals surface area contributed by atoms with Crippen LogP contribution in [0, 0.1) is 0 Å². The van der Waals surface area contributed by atoms with Crippen LogP contribution in [0.4, 0.5) is 0 Å². The summed E-state index contributed by atoms with van der Waals surface area (Å²) in [6.07, 6.45) is 2.68. The number of piperidine rings is 1. The van der Waals surface area contributed by atoms with Gasteiger partial charge in [-0.3, -0.25) is 19.6 Å². The van der Waals surface area contributed by atoms with E-state index in [9.17, 15) is 9.59 Å². The molecule has 2 amide bonds. The van der Waals surface area contributed by atoms with E-state index in [0.29, 0.717) is 12.8 Å². The Labute approximate surface area is 123 Å². The molecule has 5 heteroatoms. The van der Waals surface area contributed by atoms with Gasteiger partial charge in [0.1, 0.15) is 6.04 Å². The van der Waals surface area contributed by atoms with Gasteiger partial charge in [-0.1, -0.05) is 32.9 Å². The molecule has 0 spiro atoms. The number of imide groups is 1. The zero-order chi connectivity index (χ0) is 15.2. The zero-order valence-corrected chi connectivity index (χ0v) is 12.5. The van der Waals surface area contributed by atoms with E-state index in [1.54, 1.807) is 4.68 Å². The molecule has 21 heavy (non-hydrogen) atoms. The molecule has 0 saturated carbocycles. The summed E-state index contributed by atoms with van der Waals surface area (Å²) < 4.78 is 1.74. The quantitative estimate of drug-likeness (QED) is 0.818. The Bertz CT molecular complexity index is 725. The summed E-state index contributed by atoms with van der Waals surface area (Å²) in [7, 11) is 0. The van der Waals surface area contributed by atoms with Crippen molar-refractivity contribution in [2.45, 2.75) is 45.1 Å². The molecule has 110 valence electrons. The fourth-order valence-electron chi connectivity index (χ4n) is 2.89. The second-order valence-corrected chi connectivity index (χ2v) is 6.54. The number of fused-ring (bicyclic) bond motifs is 1. The average Bonchev–Trinajstić information content (AvgIpc) is 2.81. The third kappa shape index (κ3) is 2.33. The number of rotatable bonds is 1. The number of carbonyl (C=O) groups is 2. The van der Waals surface area contributed by atoms with Crippen molar-refractivity contribution >= 4 is 22.7 Å². The minimum absolute atomic E-state index is 0.0121. The number of nitrogens with zero attached hydrogens (tertiary/aromatic N) is 2. The second kappa shape index (κ2) is 4.69. The Morgan fingerprint density at radius 1 is 1.29 bits per heavy atom. The lowest BCUT2D eigenvalue weighted by molar-refractivity contribution is -0.135. The molecule has 3 rings (SSSR count). The van der Waals surface area contributed by atoms with Gasteiger partial charge in [-0.15, -0.1) is 0 Å². The van der Waals surface area contributed by atoms with Gasteiger partial charge in [-0.05, 0) is 23.5 Å². The van der Waals surface area contributed by atoms with Gasteiger partial charge in [0.2, 0.25) is 5.91 Å². The molecule has 2 heterocycles. The standard InChI is InChI=1S/C16H19N3O2/c1-16(2,3)11-5-4-6-12-10(11)9-17-19(12)13-7-8-14(20)18-15(13)21/h4-6,9,13H,7-8H2,1-3H3,(H,18,20,21). The molecule has 0 bridgehead atoms. The maximum Gasteiger partial charge on any atom is 0.251 e. The van der Waals surface area contributed by atoms with E-state index in [-0.39, 0.29) is 17.2 Å². The highest BCUT2D eigenvalue weighted by Gasteiger charge is 2.30. The van der Waals surface area contributed by atoms with Crippen LogP contribution in [0.1, 0.15) is 45.2 Å². The maximum absolute atomic E-state index is 12.0. The van der Waals surface area contributed by atoms with Crippen molar-refractivity contribution in [3.8, 4) is 0 Å². The molecule has 1 atom stereocenters. The van der Waals surface area contributed by atoms with Gasteiger partial charge in [0, 0.05) is 11.8 Å². The number of carbonyl (C=O) groups excluding carboxylic acids is 2. The van der Waals surface area contributed by atoms with E-state index >= 15 is 0 Å². The minimum Gasteiger partial charge on any atom is -0.295 e. The largest absolute Gasteiger partial charge is 0.295 e. The van der Waals surface area contributed by atoms with Gasteiger partial charge < -0.3 is 0 Å². The highest BCUT2D eigenvalue weighted by atomic mass is 16.2. The first kappa shape index (κ1) is 13.8. The number of aromatic nitrogens is 2. The smallest absolute Gasteiger partial charge is 0.251 e. The van der Waals surface area contributed by atoms with E-state index in [0.717, 1.165) is 10.9 Å². The molecule has 1 aliphatic rings. The summed E-state index contributed by atoms with van der Waals surface area (Å²) in [6.45, 7) is 6.47. The van der Waals surface area contributed by atoms with Gasteiger partial charge in [-0.2, -0.15) is 5.10 Å². The van der Waals surface area contributed by atoms with Gasteiger partial charge in [-0.25, -0.2) is 0 Å². The van der Waals surface area contributed by atoms with Gasteiger partial charge in [0.05, 0.1) is 11.7 Å². The Kier molecular flexibility index (Phi) is 3.08. The van der Waals surface area contributed by atoms with Crippen LogP contribution in [0.5, 0.6) is 0 Å². The number of nitrogens with one attached hydrogen (secondary N) is 1. The van der Waals surface area contributed by atoms with Crippen LogP contribution in [-0.4, -0.2) is 21.6 Å². The van der Waals surface area contributed by atoms with Crippen molar-refractivity contribution < 1.29 is 9.59 Å². The predicted octanol–water partition coefficient (Wildman–Crippen LogP) is 2.31. The van der Waals surface area contributed by atoms with Crippen molar-refractivity contribution in [1.29, 1.82) is 0 Å². The third-order valence-corrected chi connectivity index (χ3v) is 3.95. The summed E-state index contributed by atoms with van der Waals surface area (Å²) in [5, 5.41) is 7.87. The van der Waals surface area contributed by atoms with Crippen molar-refractivity contribution in [2.24, 2.45) is 0 Å². The molecule has 0 aliphatic carbocycles. The summed E-state index contributed by atoms with van der Waals surface area (Å²) in [6, 6.07) is 5.66. The minimum atomic E-state index is -0.407. The highest BCUT2D eigenvalue weighted by molar-refractivity contribution is 6.00. The number of benzene rings is 1. The monoisotopic (exact) mass is 285 g/mol. The van der Waals surface area contributed by atoms with Crippen LogP contribution in [0.2, 0.25) is 0 Å². The molecule has 1 fully saturated rings. The van der Waals surface area contributed by atoms with Gasteiger partial charge >= 0.3 is 0 Å². The summed E-state index contributed by atoms with van der Waals surface area (Å²) >= 11 is 0. The topological polar surface area (TPSA) is 64.0 Å². The van der Waals surface area contributed by atoms with Crippen LogP contribution in [0.15, 0.2) is 24.4 Å². The number of hydrogen-bond donors (Lipinski definition) is 1. The second-order valence-electron chi connectivity index (χ2n) is 6.54. The summed E-state index contributed by atoms with van der Waals surface area (Å²) in [5.74, 6) is -0.472. The van der Waals surface area contributed by atoms with Gasteiger partial charge in [0.25, 0.3) is 5.91 Å². The van der Waals surface area contributed by atoms with Crippen LogP contribution in [-0.2, 0) is 15.0 Å². The highest BCUT2D eigenvalue weighted by Crippen LogP contribution is 2.31. The normalized spacial score (nSPS) is 19.9. The number of amides is 2. The first-order valence-corrected chi connectivity index (χ1v) is 7.18. The molecule has 1 saturated heterocycles. The van der Waals surface area contributed by atoms with E-state index < -0.39 is 6.04 Å². The van der Waals surface area contributed by atoms with E-state index in [1.165, 1.54) is 5.56 Å². The summed E-state index contributed by atoms with van der Waals surface area (Å²) in [4.78, 5) is 23.3. The Morgan fingerprint density at radius 2 is 2.05 bits per heavy atom. The van der Waals surface area contributed by atoms with E-state index in [4.69, 9.17) is 0 Å². The SMILES string of the molecule is CC(C)(C)c1cccc2c1cnn2C1CCC(=O)NC1=O. The van der Waals surface area contributed by atoms with Crippen LogP contribution in [0.25, 0.3) is 10.9 Å². The lowest BCUT2D eigenvalue weighted by atomic mass is 9.85. The first-order chi connectivity index (χ1) is 9.88. The van der Waals surface area contributed by atoms with Crippen molar-refractivity contribution in [3.63, 3.8) is 0 Å². The summed E-state index contributed by atoms with van der Waals surface area (Å²) in [5.41, 5.74) is 2.16. The lowest BCUT2D eigenvalue weighted by Gasteiger charge is -2.23. The molecule has 0 radical (unpaired) electrons. The maximum atomic E-state index is 12.0. The van der Waals surface area contributed by atoms with Gasteiger partial charge in [0.15, 0.2) is 0 Å². The van der Waals surface area contributed by atoms with Crippen molar-refractivity contribution in [2.75, 3.05) is 0 Å². The molecule has 1 aromatic carbocycles. The Morgan fingerprint density at radius 3 is 2.71 bits per heavy atom. The van der Waals surface area contributed by atoms with Crippen LogP contribution >= 0.6 is 0 Å². The molecule has 1 unspecified atom stereocenters. The molecular weight excluding hydrogens is 266 g/mol. The third-order valence-electron chi connectivity index (χ3n) is 3.95. The molecule has 1 aliphatic heterocycles. The van der Waals surface area contributed by atoms with Crippen molar-refractivity contribution in [1.82, 2.24) is 15.1 Å².